The molecule has 3 nitrogen and oxygen atoms in total. The molecule has 2 rings (SSSR count). The monoisotopic (exact) mass is 323 g/mol. The molecule has 0 amide bonds. The second-order valence-electron chi connectivity index (χ2n) is 4.85. The second kappa shape index (κ2) is 8.37. The lowest BCUT2D eigenvalue weighted by Crippen LogP contribution is -2.25. The summed E-state index contributed by atoms with van der Waals surface area (Å²) in [5.41, 5.74) is 2.11. The Morgan fingerprint density at radius 3 is 2.57 bits per heavy atom. The second-order valence-corrected chi connectivity index (χ2v) is 6.15. The maximum Gasteiger partial charge on any atom is 0.183 e. The quantitative estimate of drug-likeness (QED) is 0.719. The van der Waals surface area contributed by atoms with E-state index >= 15 is 0 Å². The maximum absolute atomic E-state index is 5.90. The summed E-state index contributed by atoms with van der Waals surface area (Å²) in [6.45, 7) is 8.74. The van der Waals surface area contributed by atoms with E-state index in [-0.39, 0.29) is 0 Å². The van der Waals surface area contributed by atoms with Crippen molar-refractivity contribution >= 4 is 28.1 Å². The molecule has 1 N–H and O–H groups in total. The molecule has 21 heavy (non-hydrogen) atoms. The van der Waals surface area contributed by atoms with E-state index in [1.165, 1.54) is 0 Å². The number of anilines is 1. The van der Waals surface area contributed by atoms with Crippen LogP contribution in [0.25, 0.3) is 11.3 Å². The fraction of sp³-hybridized carbons (Fsp3) is 0.438. The first kappa shape index (κ1) is 16.3. The summed E-state index contributed by atoms with van der Waals surface area (Å²) >= 11 is 7.55. The van der Waals surface area contributed by atoms with Crippen LogP contribution >= 0.6 is 22.9 Å². The minimum absolute atomic E-state index is 0.753. The molecule has 0 aliphatic heterocycles. The minimum atomic E-state index is 0.753. The van der Waals surface area contributed by atoms with Crippen LogP contribution in [0.3, 0.4) is 0 Å². The highest BCUT2D eigenvalue weighted by atomic mass is 35.5. The third-order valence-electron chi connectivity index (χ3n) is 3.47. The van der Waals surface area contributed by atoms with Gasteiger partial charge in [-0.05, 0) is 38.2 Å². The van der Waals surface area contributed by atoms with Gasteiger partial charge in [-0.25, -0.2) is 4.98 Å². The van der Waals surface area contributed by atoms with Gasteiger partial charge >= 0.3 is 0 Å². The molecule has 0 aliphatic rings. The Morgan fingerprint density at radius 1 is 1.19 bits per heavy atom. The van der Waals surface area contributed by atoms with Gasteiger partial charge in [-0.2, -0.15) is 0 Å². The van der Waals surface area contributed by atoms with Crippen LogP contribution in [-0.2, 0) is 0 Å². The minimum Gasteiger partial charge on any atom is -0.361 e. The van der Waals surface area contributed by atoms with Crippen LogP contribution in [0.5, 0.6) is 0 Å². The van der Waals surface area contributed by atoms with Crippen LogP contribution < -0.4 is 5.32 Å². The topological polar surface area (TPSA) is 28.2 Å². The Morgan fingerprint density at radius 2 is 1.90 bits per heavy atom. The molecule has 5 heteroatoms. The number of hydrogen-bond acceptors (Lipinski definition) is 4. The van der Waals surface area contributed by atoms with E-state index in [0.717, 1.165) is 54.0 Å². The number of aromatic nitrogens is 1. The molecule has 0 radical (unpaired) electrons. The molecule has 0 unspecified atom stereocenters. The van der Waals surface area contributed by atoms with E-state index in [2.05, 4.69) is 34.4 Å². The molecule has 0 aliphatic carbocycles. The van der Waals surface area contributed by atoms with E-state index in [9.17, 15) is 0 Å². The van der Waals surface area contributed by atoms with Crippen LogP contribution in [0, 0.1) is 0 Å². The van der Waals surface area contributed by atoms with Crippen molar-refractivity contribution in [1.82, 2.24) is 9.88 Å². The van der Waals surface area contributed by atoms with E-state index < -0.39 is 0 Å². The molecule has 0 spiro atoms. The fourth-order valence-electron chi connectivity index (χ4n) is 2.15. The average molecular weight is 324 g/mol. The van der Waals surface area contributed by atoms with Crippen LogP contribution in [0.4, 0.5) is 5.13 Å². The predicted molar refractivity (Wildman–Crippen MR) is 93.5 cm³/mol. The van der Waals surface area contributed by atoms with Gasteiger partial charge in [0.1, 0.15) is 0 Å². The predicted octanol–water partition coefficient (Wildman–Crippen LogP) is 4.61. The van der Waals surface area contributed by atoms with Gasteiger partial charge in [-0.15, -0.1) is 11.3 Å². The highest BCUT2D eigenvalue weighted by Crippen LogP contribution is 2.25. The Bertz CT molecular complexity index is 535. The lowest BCUT2D eigenvalue weighted by atomic mass is 10.2. The zero-order valence-electron chi connectivity index (χ0n) is 12.6. The number of rotatable bonds is 8. The third-order valence-corrected chi connectivity index (χ3v) is 4.52. The molecule has 0 fully saturated rings. The average Bonchev–Trinajstić information content (AvgIpc) is 2.97. The maximum atomic E-state index is 5.90. The molecule has 1 aromatic heterocycles. The van der Waals surface area contributed by atoms with Crippen LogP contribution in [0.1, 0.15) is 20.3 Å². The van der Waals surface area contributed by atoms with Gasteiger partial charge in [0.05, 0.1) is 5.69 Å². The number of hydrogen-bond donors (Lipinski definition) is 1. The lowest BCUT2D eigenvalue weighted by molar-refractivity contribution is 0.303. The van der Waals surface area contributed by atoms with E-state index in [4.69, 9.17) is 11.6 Å². The molecule has 1 heterocycles. The Hall–Kier alpha value is -1.10. The molecule has 0 saturated carbocycles. The summed E-state index contributed by atoms with van der Waals surface area (Å²) < 4.78 is 0. The van der Waals surface area contributed by atoms with Gasteiger partial charge in [0.2, 0.25) is 0 Å². The number of halogens is 1. The number of nitrogens with one attached hydrogen (secondary N) is 1. The van der Waals surface area contributed by atoms with E-state index in [1.54, 1.807) is 11.3 Å². The summed E-state index contributed by atoms with van der Waals surface area (Å²) in [6, 6.07) is 7.80. The van der Waals surface area contributed by atoms with Gasteiger partial charge in [-0.1, -0.05) is 37.6 Å². The summed E-state index contributed by atoms with van der Waals surface area (Å²) in [4.78, 5) is 7.05. The summed E-state index contributed by atoms with van der Waals surface area (Å²) in [7, 11) is 0. The van der Waals surface area contributed by atoms with Crippen molar-refractivity contribution in [3.05, 3.63) is 34.7 Å². The lowest BCUT2D eigenvalue weighted by Gasteiger charge is -2.17. The van der Waals surface area contributed by atoms with Crippen LogP contribution in [0.15, 0.2) is 29.6 Å². The van der Waals surface area contributed by atoms with E-state index in [1.807, 2.05) is 24.3 Å². The molecule has 0 atom stereocenters. The van der Waals surface area contributed by atoms with Crippen LogP contribution in [-0.4, -0.2) is 36.1 Å². The summed E-state index contributed by atoms with van der Waals surface area (Å²) in [5, 5.41) is 7.22. The molecule has 2 aromatic rings. The van der Waals surface area contributed by atoms with Crippen molar-refractivity contribution in [3.63, 3.8) is 0 Å². The number of nitrogens with zero attached hydrogens (tertiary/aromatic N) is 2. The van der Waals surface area contributed by atoms with E-state index in [0.29, 0.717) is 0 Å². The first-order chi connectivity index (χ1) is 10.2. The fourth-order valence-corrected chi connectivity index (χ4v) is 3.02. The number of thiazole rings is 1. The molecule has 0 bridgehead atoms. The van der Waals surface area contributed by atoms with Gasteiger partial charge in [-0.3, -0.25) is 0 Å². The normalized spacial score (nSPS) is 11.0. The highest BCUT2D eigenvalue weighted by Gasteiger charge is 2.04. The molecule has 0 saturated heterocycles. The largest absolute Gasteiger partial charge is 0.361 e. The summed E-state index contributed by atoms with van der Waals surface area (Å²) in [6.07, 6.45) is 1.14. The van der Waals surface area contributed by atoms with Crippen molar-refractivity contribution in [3.8, 4) is 11.3 Å². The van der Waals surface area contributed by atoms with Crippen LogP contribution in [0.2, 0.25) is 5.02 Å². The molecular formula is C16H22ClN3S. The smallest absolute Gasteiger partial charge is 0.183 e. The standard InChI is InChI=1S/C16H22ClN3S/c1-3-20(4-2)11-5-10-18-16-19-15(12-21-16)13-6-8-14(17)9-7-13/h6-9,12H,3-5,10-11H2,1-2H3,(H,18,19). The first-order valence-corrected chi connectivity index (χ1v) is 8.66. The van der Waals surface area contributed by atoms with Crippen molar-refractivity contribution in [2.45, 2.75) is 20.3 Å². The van der Waals surface area contributed by atoms with Gasteiger partial charge in [0.15, 0.2) is 5.13 Å². The Labute approximate surface area is 136 Å². The highest BCUT2D eigenvalue weighted by molar-refractivity contribution is 7.14. The van der Waals surface area contributed by atoms with Crippen molar-refractivity contribution in [1.29, 1.82) is 0 Å². The van der Waals surface area contributed by atoms with Gasteiger partial charge in [0.25, 0.3) is 0 Å². The zero-order valence-corrected chi connectivity index (χ0v) is 14.2. The molecular weight excluding hydrogens is 302 g/mol. The van der Waals surface area contributed by atoms with Crippen molar-refractivity contribution in [2.24, 2.45) is 0 Å². The van der Waals surface area contributed by atoms with Gasteiger partial charge < -0.3 is 10.2 Å². The summed E-state index contributed by atoms with van der Waals surface area (Å²) in [5.74, 6) is 0. The molecule has 1 aromatic carbocycles. The zero-order chi connectivity index (χ0) is 15.1. The van der Waals surface area contributed by atoms with Gasteiger partial charge in [0, 0.05) is 22.5 Å². The Balaban J connectivity index is 1.82. The van der Waals surface area contributed by atoms with Crippen molar-refractivity contribution in [2.75, 3.05) is 31.5 Å². The Kier molecular flexibility index (Phi) is 6.49. The SMILES string of the molecule is CCN(CC)CCCNc1nc(-c2ccc(Cl)cc2)cs1. The van der Waals surface area contributed by atoms with Crippen molar-refractivity contribution < 1.29 is 0 Å². The number of benzene rings is 1. The first-order valence-electron chi connectivity index (χ1n) is 7.40. The molecule has 114 valence electrons. The third kappa shape index (κ3) is 4.99.